The van der Waals surface area contributed by atoms with E-state index in [0.29, 0.717) is 21.6 Å². The molecule has 0 saturated heterocycles. The minimum atomic E-state index is -0.393. The highest BCUT2D eigenvalue weighted by Gasteiger charge is 2.11. The van der Waals surface area contributed by atoms with Gasteiger partial charge in [-0.05, 0) is 30.7 Å². The molecule has 0 bridgehead atoms. The molecule has 24 heavy (non-hydrogen) atoms. The number of benzene rings is 2. The van der Waals surface area contributed by atoms with Crippen LogP contribution in [0.25, 0.3) is 10.9 Å². The number of aromatic nitrogens is 2. The Balaban J connectivity index is 1.87. The molecule has 5 nitrogen and oxygen atoms in total. The lowest BCUT2D eigenvalue weighted by Crippen LogP contribution is -2.28. The van der Waals surface area contributed by atoms with E-state index < -0.39 is 5.91 Å². The molecule has 0 saturated carbocycles. The Hall–Kier alpha value is -2.37. The fraction of sp³-hybridized carbons (Fsp3) is 0.118. The van der Waals surface area contributed by atoms with Gasteiger partial charge in [0.2, 0.25) is 5.91 Å². The normalized spacial score (nSPS) is 10.8. The van der Waals surface area contributed by atoms with Gasteiger partial charge in [-0.25, -0.2) is 4.98 Å². The lowest BCUT2D eigenvalue weighted by Gasteiger charge is -2.10. The third-order valence-corrected chi connectivity index (χ3v) is 4.41. The van der Waals surface area contributed by atoms with Crippen LogP contribution in [0.15, 0.2) is 47.5 Å². The number of fused-ring (bicyclic) bond motifs is 1. The number of hydrogen-bond donors (Lipinski definition) is 1. The predicted octanol–water partition coefficient (Wildman–Crippen LogP) is 3.65. The molecule has 0 aliphatic rings. The molecule has 122 valence electrons. The molecule has 3 rings (SSSR count). The van der Waals surface area contributed by atoms with Crippen molar-refractivity contribution in [3.8, 4) is 0 Å². The highest BCUT2D eigenvalue weighted by Crippen LogP contribution is 2.29. The topological polar surface area (TPSA) is 64.0 Å². The zero-order valence-corrected chi connectivity index (χ0v) is 14.2. The average molecular weight is 362 g/mol. The first kappa shape index (κ1) is 16.5. The molecule has 0 radical (unpaired) electrons. The lowest BCUT2D eigenvalue weighted by molar-refractivity contribution is -0.116. The summed E-state index contributed by atoms with van der Waals surface area (Å²) in [6.45, 7) is 1.71. The fourth-order valence-corrected chi connectivity index (χ4v) is 2.74. The van der Waals surface area contributed by atoms with Gasteiger partial charge in [-0.2, -0.15) is 0 Å². The molecular weight excluding hydrogens is 349 g/mol. The van der Waals surface area contributed by atoms with Crippen LogP contribution in [0, 0.1) is 6.92 Å². The molecule has 2 aromatic carbocycles. The minimum absolute atomic E-state index is 0.168. The number of carbonyl (C=O) groups excluding carboxylic acids is 1. The minimum Gasteiger partial charge on any atom is -0.323 e. The molecule has 0 fully saturated rings. The maximum atomic E-state index is 12.5. The monoisotopic (exact) mass is 361 g/mol. The van der Waals surface area contributed by atoms with Crippen LogP contribution in [-0.4, -0.2) is 15.5 Å². The SMILES string of the molecule is Cc1cccc2c(=O)n(CC(=O)Nc3cccc(Cl)c3Cl)cnc12. The van der Waals surface area contributed by atoms with E-state index in [1.54, 1.807) is 30.3 Å². The van der Waals surface area contributed by atoms with Crippen LogP contribution in [0.3, 0.4) is 0 Å². The maximum Gasteiger partial charge on any atom is 0.261 e. The number of amides is 1. The number of carbonyl (C=O) groups is 1. The van der Waals surface area contributed by atoms with Crippen LogP contribution in [-0.2, 0) is 11.3 Å². The summed E-state index contributed by atoms with van der Waals surface area (Å²) in [5.41, 5.74) is 1.67. The Bertz CT molecular complexity index is 999. The molecule has 0 aliphatic heterocycles. The van der Waals surface area contributed by atoms with Crippen molar-refractivity contribution >= 4 is 45.7 Å². The summed E-state index contributed by atoms with van der Waals surface area (Å²) >= 11 is 12.0. The van der Waals surface area contributed by atoms with Gasteiger partial charge >= 0.3 is 0 Å². The highest BCUT2D eigenvalue weighted by molar-refractivity contribution is 6.43. The second-order valence-electron chi connectivity index (χ2n) is 5.30. The van der Waals surface area contributed by atoms with Gasteiger partial charge in [0, 0.05) is 0 Å². The highest BCUT2D eigenvalue weighted by atomic mass is 35.5. The van der Waals surface area contributed by atoms with Crippen LogP contribution >= 0.6 is 23.2 Å². The number of para-hydroxylation sites is 1. The predicted molar refractivity (Wildman–Crippen MR) is 95.8 cm³/mol. The molecule has 1 amide bonds. The molecule has 0 aliphatic carbocycles. The van der Waals surface area contributed by atoms with Gasteiger partial charge in [0.25, 0.3) is 5.56 Å². The van der Waals surface area contributed by atoms with Gasteiger partial charge in [-0.3, -0.25) is 14.2 Å². The van der Waals surface area contributed by atoms with E-state index >= 15 is 0 Å². The Kier molecular flexibility index (Phi) is 4.55. The van der Waals surface area contributed by atoms with Crippen LogP contribution in [0.5, 0.6) is 0 Å². The summed E-state index contributed by atoms with van der Waals surface area (Å²) in [6, 6.07) is 10.3. The molecule has 3 aromatic rings. The number of anilines is 1. The second kappa shape index (κ2) is 6.63. The van der Waals surface area contributed by atoms with Crippen LogP contribution in [0.1, 0.15) is 5.56 Å². The first-order chi connectivity index (χ1) is 11.5. The van der Waals surface area contributed by atoms with Gasteiger partial charge < -0.3 is 5.32 Å². The van der Waals surface area contributed by atoms with Crippen molar-refractivity contribution in [2.24, 2.45) is 0 Å². The molecule has 0 spiro atoms. The number of hydrogen-bond acceptors (Lipinski definition) is 3. The van der Waals surface area contributed by atoms with Crippen molar-refractivity contribution in [3.05, 3.63) is 68.7 Å². The Labute approximate surface area is 147 Å². The van der Waals surface area contributed by atoms with E-state index in [1.165, 1.54) is 10.9 Å². The molecule has 0 atom stereocenters. The lowest BCUT2D eigenvalue weighted by atomic mass is 10.1. The van der Waals surface area contributed by atoms with Crippen molar-refractivity contribution < 1.29 is 4.79 Å². The van der Waals surface area contributed by atoms with Gasteiger partial charge in [0.05, 0.1) is 33.0 Å². The first-order valence-corrected chi connectivity index (χ1v) is 7.91. The third kappa shape index (κ3) is 3.13. The third-order valence-electron chi connectivity index (χ3n) is 3.59. The zero-order valence-electron chi connectivity index (χ0n) is 12.7. The van der Waals surface area contributed by atoms with E-state index in [4.69, 9.17) is 23.2 Å². The second-order valence-corrected chi connectivity index (χ2v) is 6.08. The molecule has 7 heteroatoms. The number of nitrogens with zero attached hydrogens (tertiary/aromatic N) is 2. The smallest absolute Gasteiger partial charge is 0.261 e. The van der Waals surface area contributed by atoms with E-state index in [2.05, 4.69) is 10.3 Å². The van der Waals surface area contributed by atoms with E-state index in [1.807, 2.05) is 13.0 Å². The van der Waals surface area contributed by atoms with Gasteiger partial charge in [0.15, 0.2) is 0 Å². The Morgan fingerprint density at radius 3 is 2.75 bits per heavy atom. The van der Waals surface area contributed by atoms with Gasteiger partial charge in [-0.1, -0.05) is 41.4 Å². The molecule has 0 unspecified atom stereocenters. The van der Waals surface area contributed by atoms with Crippen molar-refractivity contribution in [1.82, 2.24) is 9.55 Å². The summed E-state index contributed by atoms with van der Waals surface area (Å²) in [7, 11) is 0. The summed E-state index contributed by atoms with van der Waals surface area (Å²) in [4.78, 5) is 29.0. The largest absolute Gasteiger partial charge is 0.323 e. The van der Waals surface area contributed by atoms with Crippen molar-refractivity contribution in [2.45, 2.75) is 13.5 Å². The van der Waals surface area contributed by atoms with E-state index in [9.17, 15) is 9.59 Å². The number of rotatable bonds is 3. The van der Waals surface area contributed by atoms with Crippen molar-refractivity contribution in [3.63, 3.8) is 0 Å². The van der Waals surface area contributed by atoms with Crippen LogP contribution in [0.2, 0.25) is 10.0 Å². The van der Waals surface area contributed by atoms with Crippen molar-refractivity contribution in [1.29, 1.82) is 0 Å². The Morgan fingerprint density at radius 1 is 1.21 bits per heavy atom. The summed E-state index contributed by atoms with van der Waals surface area (Å²) in [5.74, 6) is -0.393. The quantitative estimate of drug-likeness (QED) is 0.774. The standard InChI is InChI=1S/C17H13Cl2N3O2/c1-10-4-2-5-11-16(10)20-9-22(17(11)24)8-14(23)21-13-7-3-6-12(18)15(13)19/h2-7,9H,8H2,1H3,(H,21,23). The Morgan fingerprint density at radius 2 is 1.96 bits per heavy atom. The molecule has 1 aromatic heterocycles. The van der Waals surface area contributed by atoms with E-state index in [0.717, 1.165) is 5.56 Å². The van der Waals surface area contributed by atoms with Crippen molar-refractivity contribution in [2.75, 3.05) is 5.32 Å². The van der Waals surface area contributed by atoms with Gasteiger partial charge in [0.1, 0.15) is 6.54 Å². The summed E-state index contributed by atoms with van der Waals surface area (Å²) in [5, 5.41) is 3.72. The van der Waals surface area contributed by atoms with Crippen LogP contribution < -0.4 is 10.9 Å². The maximum absolute atomic E-state index is 12.5. The van der Waals surface area contributed by atoms with Crippen LogP contribution in [0.4, 0.5) is 5.69 Å². The zero-order chi connectivity index (χ0) is 17.3. The van der Waals surface area contributed by atoms with E-state index in [-0.39, 0.29) is 17.1 Å². The first-order valence-electron chi connectivity index (χ1n) is 7.16. The number of aryl methyl sites for hydroxylation is 1. The summed E-state index contributed by atoms with van der Waals surface area (Å²) in [6.07, 6.45) is 1.37. The number of nitrogens with one attached hydrogen (secondary N) is 1. The van der Waals surface area contributed by atoms with Gasteiger partial charge in [-0.15, -0.1) is 0 Å². The fourth-order valence-electron chi connectivity index (χ4n) is 2.39. The molecular formula is C17H13Cl2N3O2. The molecule has 1 N–H and O–H groups in total. The summed E-state index contributed by atoms with van der Waals surface area (Å²) < 4.78 is 1.26. The molecule has 1 heterocycles. The average Bonchev–Trinajstić information content (AvgIpc) is 2.55. The number of halogens is 2.